The van der Waals surface area contributed by atoms with Crippen LogP contribution in [0.1, 0.15) is 19.8 Å². The van der Waals surface area contributed by atoms with Gasteiger partial charge >= 0.3 is 5.97 Å². The number of rotatable bonds is 5. The van der Waals surface area contributed by atoms with Crippen LogP contribution >= 0.6 is 0 Å². The van der Waals surface area contributed by atoms with Crippen molar-refractivity contribution in [2.75, 3.05) is 25.0 Å². The Hall–Kier alpha value is -1.60. The number of nitrogens with one attached hydrogen (secondary N) is 1. The summed E-state index contributed by atoms with van der Waals surface area (Å²) in [5, 5.41) is 9.45. The molecule has 1 heterocycles. The van der Waals surface area contributed by atoms with E-state index < -0.39 is 21.4 Å². The highest BCUT2D eigenvalue weighted by molar-refractivity contribution is 7.89. The van der Waals surface area contributed by atoms with Crippen LogP contribution in [0.15, 0.2) is 29.2 Å². The Morgan fingerprint density at radius 3 is 2.62 bits per heavy atom. The molecule has 1 aromatic carbocycles. The minimum atomic E-state index is -3.57. The highest BCUT2D eigenvalue weighted by Gasteiger charge is 2.44. The van der Waals surface area contributed by atoms with E-state index in [0.717, 1.165) is 0 Å². The third kappa shape index (κ3) is 2.75. The molecule has 0 aromatic heterocycles. The number of nitrogens with zero attached hydrogens (tertiary/aromatic N) is 1. The topological polar surface area (TPSA) is 86.7 Å². The molecule has 2 rings (SSSR count). The molecular weight excluding hydrogens is 292 g/mol. The lowest BCUT2D eigenvalue weighted by atomic mass is 9.84. The molecule has 1 aromatic rings. The number of carboxylic acids is 1. The summed E-state index contributed by atoms with van der Waals surface area (Å²) in [6, 6.07) is 6.68. The Morgan fingerprint density at radius 2 is 2.10 bits per heavy atom. The van der Waals surface area contributed by atoms with Crippen molar-refractivity contribution in [1.29, 1.82) is 0 Å². The molecule has 2 N–H and O–H groups in total. The molecule has 1 aliphatic heterocycles. The molecule has 0 amide bonds. The van der Waals surface area contributed by atoms with Crippen LogP contribution < -0.4 is 9.62 Å². The maximum atomic E-state index is 12.1. The van der Waals surface area contributed by atoms with Gasteiger partial charge in [0, 0.05) is 13.1 Å². The highest BCUT2D eigenvalue weighted by Crippen LogP contribution is 2.38. The van der Waals surface area contributed by atoms with Gasteiger partial charge in [0.1, 0.15) is 4.90 Å². The largest absolute Gasteiger partial charge is 0.481 e. The summed E-state index contributed by atoms with van der Waals surface area (Å²) in [5.41, 5.74) is -0.236. The Bertz CT molecular complexity index is 644. The standard InChI is InChI=1S/C14H20N2O4S/c1-3-14(13(17)18)8-9-16(10-14)11-6-4-5-7-12(11)21(19,20)15-2/h4-7,15H,3,8-10H2,1-2H3,(H,17,18). The zero-order valence-electron chi connectivity index (χ0n) is 12.2. The Labute approximate surface area is 124 Å². The number of anilines is 1. The highest BCUT2D eigenvalue weighted by atomic mass is 32.2. The van der Waals surface area contributed by atoms with E-state index >= 15 is 0 Å². The predicted molar refractivity (Wildman–Crippen MR) is 79.9 cm³/mol. The Balaban J connectivity index is 2.40. The first-order valence-corrected chi connectivity index (χ1v) is 8.35. The van der Waals surface area contributed by atoms with Crippen LogP contribution in [0, 0.1) is 5.41 Å². The average molecular weight is 312 g/mol. The van der Waals surface area contributed by atoms with Crippen molar-refractivity contribution in [2.24, 2.45) is 5.41 Å². The summed E-state index contributed by atoms with van der Waals surface area (Å²) in [7, 11) is -2.20. The minimum absolute atomic E-state index is 0.185. The number of hydrogen-bond donors (Lipinski definition) is 2. The van der Waals surface area contributed by atoms with Gasteiger partial charge in [-0.25, -0.2) is 13.1 Å². The summed E-state index contributed by atoms with van der Waals surface area (Å²) < 4.78 is 26.5. The van der Waals surface area contributed by atoms with Crippen molar-refractivity contribution in [2.45, 2.75) is 24.7 Å². The van der Waals surface area contributed by atoms with Gasteiger partial charge in [-0.2, -0.15) is 0 Å². The van der Waals surface area contributed by atoms with Gasteiger partial charge in [-0.05, 0) is 32.0 Å². The lowest BCUT2D eigenvalue weighted by Gasteiger charge is -2.25. The van der Waals surface area contributed by atoms with Crippen LogP contribution in [-0.4, -0.2) is 39.6 Å². The number of para-hydroxylation sites is 1. The van der Waals surface area contributed by atoms with Gasteiger partial charge < -0.3 is 10.0 Å². The maximum Gasteiger partial charge on any atom is 0.311 e. The SMILES string of the molecule is CCC1(C(=O)O)CCN(c2ccccc2S(=O)(=O)NC)C1. The molecule has 1 aliphatic rings. The number of carbonyl (C=O) groups is 1. The fraction of sp³-hybridized carbons (Fsp3) is 0.500. The molecule has 0 saturated carbocycles. The number of aliphatic carboxylic acids is 1. The Kier molecular flexibility index (Phi) is 4.25. The van der Waals surface area contributed by atoms with Crippen molar-refractivity contribution in [1.82, 2.24) is 4.72 Å². The lowest BCUT2D eigenvalue weighted by molar-refractivity contribution is -0.147. The van der Waals surface area contributed by atoms with Gasteiger partial charge in [-0.3, -0.25) is 4.79 Å². The minimum Gasteiger partial charge on any atom is -0.481 e. The van der Waals surface area contributed by atoms with E-state index in [0.29, 0.717) is 31.6 Å². The van der Waals surface area contributed by atoms with Gasteiger partial charge in [0.2, 0.25) is 10.0 Å². The summed E-state index contributed by atoms with van der Waals surface area (Å²) in [6.07, 6.45) is 1.05. The van der Waals surface area contributed by atoms with Crippen LogP contribution in [0.4, 0.5) is 5.69 Å². The second kappa shape index (κ2) is 5.65. The van der Waals surface area contributed by atoms with Crippen LogP contribution in [0.3, 0.4) is 0 Å². The van der Waals surface area contributed by atoms with Crippen LogP contribution in [0.2, 0.25) is 0 Å². The molecule has 1 saturated heterocycles. The van der Waals surface area contributed by atoms with Crippen molar-refractivity contribution in [3.05, 3.63) is 24.3 Å². The van der Waals surface area contributed by atoms with Crippen LogP contribution in [-0.2, 0) is 14.8 Å². The molecule has 116 valence electrons. The first kappa shape index (κ1) is 15.8. The van der Waals surface area contributed by atoms with E-state index in [9.17, 15) is 18.3 Å². The first-order chi connectivity index (χ1) is 9.86. The van der Waals surface area contributed by atoms with Crippen molar-refractivity contribution >= 4 is 21.7 Å². The molecule has 21 heavy (non-hydrogen) atoms. The number of sulfonamides is 1. The molecule has 0 spiro atoms. The van der Waals surface area contributed by atoms with Crippen molar-refractivity contribution < 1.29 is 18.3 Å². The van der Waals surface area contributed by atoms with E-state index in [1.165, 1.54) is 13.1 Å². The molecule has 7 heteroatoms. The summed E-state index contributed by atoms with van der Waals surface area (Å²) in [4.78, 5) is 13.5. The number of benzene rings is 1. The normalized spacial score (nSPS) is 22.5. The van der Waals surface area contributed by atoms with Gasteiger partial charge in [0.15, 0.2) is 0 Å². The van der Waals surface area contributed by atoms with Crippen LogP contribution in [0.5, 0.6) is 0 Å². The Morgan fingerprint density at radius 1 is 1.43 bits per heavy atom. The fourth-order valence-electron chi connectivity index (χ4n) is 2.75. The van der Waals surface area contributed by atoms with Crippen molar-refractivity contribution in [3.63, 3.8) is 0 Å². The van der Waals surface area contributed by atoms with Gasteiger partial charge in [0.25, 0.3) is 0 Å². The first-order valence-electron chi connectivity index (χ1n) is 6.87. The summed E-state index contributed by atoms with van der Waals surface area (Å²) in [6.45, 7) is 2.72. The van der Waals surface area contributed by atoms with E-state index in [-0.39, 0.29) is 4.90 Å². The summed E-state index contributed by atoms with van der Waals surface area (Å²) in [5.74, 6) is -0.818. The molecule has 0 radical (unpaired) electrons. The molecule has 0 bridgehead atoms. The monoisotopic (exact) mass is 312 g/mol. The van der Waals surface area contributed by atoms with Crippen LogP contribution in [0.25, 0.3) is 0 Å². The van der Waals surface area contributed by atoms with Gasteiger partial charge in [0.05, 0.1) is 11.1 Å². The van der Waals surface area contributed by atoms with E-state index in [2.05, 4.69) is 4.72 Å². The molecule has 1 fully saturated rings. The molecule has 6 nitrogen and oxygen atoms in total. The lowest BCUT2D eigenvalue weighted by Crippen LogP contribution is -2.34. The molecule has 1 atom stereocenters. The number of hydrogen-bond acceptors (Lipinski definition) is 4. The van der Waals surface area contributed by atoms with Gasteiger partial charge in [-0.15, -0.1) is 0 Å². The quantitative estimate of drug-likeness (QED) is 0.855. The average Bonchev–Trinajstić information content (AvgIpc) is 2.93. The second-order valence-corrected chi connectivity index (χ2v) is 7.14. The van der Waals surface area contributed by atoms with E-state index in [1.54, 1.807) is 18.2 Å². The zero-order chi connectivity index (χ0) is 15.7. The predicted octanol–water partition coefficient (Wildman–Crippen LogP) is 1.29. The number of carboxylic acid groups (broad SMARTS) is 1. The third-order valence-electron chi connectivity index (χ3n) is 4.25. The van der Waals surface area contributed by atoms with Crippen molar-refractivity contribution in [3.8, 4) is 0 Å². The van der Waals surface area contributed by atoms with E-state index in [4.69, 9.17) is 0 Å². The molecule has 0 aliphatic carbocycles. The second-order valence-electron chi connectivity index (χ2n) is 5.29. The van der Waals surface area contributed by atoms with E-state index in [1.807, 2.05) is 11.8 Å². The smallest absolute Gasteiger partial charge is 0.311 e. The third-order valence-corrected chi connectivity index (χ3v) is 5.71. The molecule has 1 unspecified atom stereocenters. The maximum absolute atomic E-state index is 12.1. The van der Waals surface area contributed by atoms with Gasteiger partial charge in [-0.1, -0.05) is 19.1 Å². The summed E-state index contributed by atoms with van der Waals surface area (Å²) >= 11 is 0. The fourth-order valence-corrected chi connectivity index (χ4v) is 3.70. The zero-order valence-corrected chi connectivity index (χ0v) is 13.0. The molecular formula is C14H20N2O4S.